The van der Waals surface area contributed by atoms with E-state index in [2.05, 4.69) is 20.9 Å². The van der Waals surface area contributed by atoms with Gasteiger partial charge in [0.05, 0.1) is 19.4 Å². The molecule has 4 N–H and O–H groups in total. The molecule has 1 aliphatic heterocycles. The van der Waals surface area contributed by atoms with Crippen molar-refractivity contribution in [2.45, 2.75) is 44.9 Å². The Hall–Kier alpha value is -2.11. The Morgan fingerprint density at radius 1 is 1.29 bits per heavy atom. The van der Waals surface area contributed by atoms with E-state index in [0.29, 0.717) is 31.4 Å². The van der Waals surface area contributed by atoms with E-state index < -0.39 is 5.60 Å². The molecule has 0 aliphatic carbocycles. The molecule has 1 amide bonds. The molecule has 2 heterocycles. The van der Waals surface area contributed by atoms with Gasteiger partial charge in [0.1, 0.15) is 17.5 Å². The number of amides is 1. The van der Waals surface area contributed by atoms with Crippen molar-refractivity contribution in [3.63, 3.8) is 0 Å². The number of anilines is 1. The van der Waals surface area contributed by atoms with Crippen LogP contribution in [0.15, 0.2) is 52.1 Å². The fourth-order valence-corrected chi connectivity index (χ4v) is 3.19. The number of furan rings is 1. The van der Waals surface area contributed by atoms with Crippen molar-refractivity contribution in [3.05, 3.63) is 54.0 Å². The molecule has 0 saturated carbocycles. The van der Waals surface area contributed by atoms with Gasteiger partial charge in [-0.05, 0) is 56.5 Å². The lowest BCUT2D eigenvalue weighted by molar-refractivity contribution is -0.124. The average Bonchev–Trinajstić information content (AvgIpc) is 3.45. The van der Waals surface area contributed by atoms with Gasteiger partial charge in [-0.3, -0.25) is 4.79 Å². The first kappa shape index (κ1) is 25.2. The van der Waals surface area contributed by atoms with Crippen LogP contribution in [0.5, 0.6) is 0 Å². The van der Waals surface area contributed by atoms with Gasteiger partial charge in [0, 0.05) is 18.8 Å². The maximum atomic E-state index is 12.2. The molecule has 0 bridgehead atoms. The zero-order valence-electron chi connectivity index (χ0n) is 17.9. The highest BCUT2D eigenvalue weighted by atomic mass is 127. The van der Waals surface area contributed by atoms with Crippen molar-refractivity contribution >= 4 is 41.5 Å². The van der Waals surface area contributed by atoms with Crippen molar-refractivity contribution in [1.82, 2.24) is 10.6 Å². The number of aliphatic imine (C=N–C) groups is 1. The van der Waals surface area contributed by atoms with Crippen LogP contribution in [0.25, 0.3) is 0 Å². The highest BCUT2D eigenvalue weighted by Gasteiger charge is 2.26. The van der Waals surface area contributed by atoms with E-state index in [-0.39, 0.29) is 42.5 Å². The Bertz CT molecular complexity index is 849. The van der Waals surface area contributed by atoms with Gasteiger partial charge in [-0.25, -0.2) is 4.99 Å². The molecular formula is C22H31IN4O4. The van der Waals surface area contributed by atoms with Crippen molar-refractivity contribution in [2.75, 3.05) is 25.0 Å². The molecule has 2 unspecified atom stereocenters. The Morgan fingerprint density at radius 3 is 2.81 bits per heavy atom. The molecule has 2 atom stereocenters. The molecule has 3 rings (SSSR count). The number of hydrogen-bond donors (Lipinski definition) is 4. The van der Waals surface area contributed by atoms with E-state index in [1.165, 1.54) is 6.26 Å². The number of nitrogens with zero attached hydrogens (tertiary/aromatic N) is 1. The number of carbonyl (C=O) groups excluding carboxylic acids is 1. The standard InChI is InChI=1S/C22H30N4O4.HI/c1-3-23-21(25-15-22(2,28)19-10-6-12-30-19)24-14-16-7-4-8-17(13-16)26-20(27)18-9-5-11-29-18;/h4,6-8,10,12-13,18,28H,3,5,9,11,14-15H2,1-2H3,(H,26,27)(H2,23,24,25);1H. The minimum Gasteiger partial charge on any atom is -0.466 e. The topological polar surface area (TPSA) is 108 Å². The lowest BCUT2D eigenvalue weighted by Gasteiger charge is -2.22. The molecule has 1 aromatic carbocycles. The highest BCUT2D eigenvalue weighted by Crippen LogP contribution is 2.20. The molecule has 1 fully saturated rings. The summed E-state index contributed by atoms with van der Waals surface area (Å²) in [7, 11) is 0. The van der Waals surface area contributed by atoms with Gasteiger partial charge in [0.15, 0.2) is 5.96 Å². The van der Waals surface area contributed by atoms with Gasteiger partial charge in [-0.1, -0.05) is 12.1 Å². The van der Waals surface area contributed by atoms with E-state index in [1.807, 2.05) is 31.2 Å². The molecule has 8 nitrogen and oxygen atoms in total. The number of guanidine groups is 1. The number of hydrogen-bond acceptors (Lipinski definition) is 5. The smallest absolute Gasteiger partial charge is 0.253 e. The maximum Gasteiger partial charge on any atom is 0.253 e. The molecule has 170 valence electrons. The van der Waals surface area contributed by atoms with Crippen LogP contribution in [0.1, 0.15) is 38.0 Å². The largest absolute Gasteiger partial charge is 0.466 e. The second kappa shape index (κ2) is 12.1. The van der Waals surface area contributed by atoms with Gasteiger partial charge in [0.25, 0.3) is 5.91 Å². The van der Waals surface area contributed by atoms with Crippen molar-refractivity contribution in [2.24, 2.45) is 4.99 Å². The number of ether oxygens (including phenoxy) is 1. The van der Waals surface area contributed by atoms with Crippen LogP contribution in [0, 0.1) is 0 Å². The SMILES string of the molecule is CCNC(=NCc1cccc(NC(=O)C2CCCO2)c1)NCC(C)(O)c1ccco1.I. The summed E-state index contributed by atoms with van der Waals surface area (Å²) >= 11 is 0. The highest BCUT2D eigenvalue weighted by molar-refractivity contribution is 14.0. The Morgan fingerprint density at radius 2 is 2.13 bits per heavy atom. The van der Waals surface area contributed by atoms with Gasteiger partial charge in [0.2, 0.25) is 0 Å². The number of rotatable bonds is 8. The predicted molar refractivity (Wildman–Crippen MR) is 131 cm³/mol. The summed E-state index contributed by atoms with van der Waals surface area (Å²) in [5, 5.41) is 19.8. The van der Waals surface area contributed by atoms with Crippen LogP contribution in [0.4, 0.5) is 5.69 Å². The second-order valence-corrected chi connectivity index (χ2v) is 7.49. The van der Waals surface area contributed by atoms with E-state index >= 15 is 0 Å². The first-order chi connectivity index (χ1) is 14.5. The van der Waals surface area contributed by atoms with Crippen LogP contribution < -0.4 is 16.0 Å². The monoisotopic (exact) mass is 542 g/mol. The van der Waals surface area contributed by atoms with Crippen LogP contribution in [-0.2, 0) is 21.7 Å². The van der Waals surface area contributed by atoms with Crippen molar-refractivity contribution in [3.8, 4) is 0 Å². The van der Waals surface area contributed by atoms with Crippen molar-refractivity contribution in [1.29, 1.82) is 0 Å². The molecule has 0 spiro atoms. The zero-order valence-corrected chi connectivity index (χ0v) is 20.2. The Labute approximate surface area is 199 Å². The third-order valence-electron chi connectivity index (χ3n) is 4.83. The first-order valence-electron chi connectivity index (χ1n) is 10.3. The summed E-state index contributed by atoms with van der Waals surface area (Å²) in [6.07, 6.45) is 2.85. The summed E-state index contributed by atoms with van der Waals surface area (Å²) in [4.78, 5) is 16.8. The molecule has 1 saturated heterocycles. The maximum absolute atomic E-state index is 12.2. The fraction of sp³-hybridized carbons (Fsp3) is 0.455. The third kappa shape index (κ3) is 7.51. The minimum absolute atomic E-state index is 0. The minimum atomic E-state index is -1.16. The summed E-state index contributed by atoms with van der Waals surface area (Å²) in [6.45, 7) is 5.64. The van der Waals surface area contributed by atoms with Gasteiger partial charge < -0.3 is 30.2 Å². The number of benzene rings is 1. The van der Waals surface area contributed by atoms with E-state index in [0.717, 1.165) is 24.1 Å². The van der Waals surface area contributed by atoms with Gasteiger partial charge >= 0.3 is 0 Å². The Kier molecular flexibility index (Phi) is 9.79. The van der Waals surface area contributed by atoms with Crippen molar-refractivity contribution < 1.29 is 19.1 Å². The molecule has 0 radical (unpaired) electrons. The number of halogens is 1. The summed E-state index contributed by atoms with van der Waals surface area (Å²) in [5.74, 6) is 0.960. The normalized spacial score (nSPS) is 18.0. The molecular weight excluding hydrogens is 511 g/mol. The summed E-state index contributed by atoms with van der Waals surface area (Å²) < 4.78 is 10.7. The lowest BCUT2D eigenvalue weighted by atomic mass is 10.0. The predicted octanol–water partition coefficient (Wildman–Crippen LogP) is 2.98. The molecule has 1 aromatic heterocycles. The Balaban J connectivity index is 0.00000341. The molecule has 2 aromatic rings. The van der Waals surface area contributed by atoms with Crippen LogP contribution >= 0.6 is 24.0 Å². The van der Waals surface area contributed by atoms with Gasteiger partial charge in [-0.2, -0.15) is 0 Å². The fourth-order valence-electron chi connectivity index (χ4n) is 3.19. The number of nitrogens with one attached hydrogen (secondary N) is 3. The first-order valence-corrected chi connectivity index (χ1v) is 10.3. The average molecular weight is 542 g/mol. The quantitative estimate of drug-likeness (QED) is 0.232. The molecule has 1 aliphatic rings. The van der Waals surface area contributed by atoms with Crippen LogP contribution in [0.3, 0.4) is 0 Å². The second-order valence-electron chi connectivity index (χ2n) is 7.49. The van der Waals surface area contributed by atoms with E-state index in [4.69, 9.17) is 9.15 Å². The van der Waals surface area contributed by atoms with E-state index in [9.17, 15) is 9.90 Å². The summed E-state index contributed by atoms with van der Waals surface area (Å²) in [6, 6.07) is 11.1. The van der Waals surface area contributed by atoms with E-state index in [1.54, 1.807) is 19.1 Å². The van der Waals surface area contributed by atoms with Crippen LogP contribution in [-0.4, -0.2) is 42.8 Å². The lowest BCUT2D eigenvalue weighted by Crippen LogP contribution is -2.44. The third-order valence-corrected chi connectivity index (χ3v) is 4.83. The summed E-state index contributed by atoms with van der Waals surface area (Å²) in [5.41, 5.74) is 0.517. The zero-order chi connectivity index (χ0) is 21.4. The number of aliphatic hydroxyl groups is 1. The van der Waals surface area contributed by atoms with Crippen LogP contribution in [0.2, 0.25) is 0 Å². The molecule has 31 heavy (non-hydrogen) atoms. The van der Waals surface area contributed by atoms with Gasteiger partial charge in [-0.15, -0.1) is 24.0 Å². The molecule has 9 heteroatoms. The number of carbonyl (C=O) groups is 1.